The summed E-state index contributed by atoms with van der Waals surface area (Å²) in [5.74, 6) is -0.605. The van der Waals surface area contributed by atoms with E-state index in [1.54, 1.807) is 6.07 Å². The molecule has 1 atom stereocenters. The normalized spacial score (nSPS) is 15.6. The van der Waals surface area contributed by atoms with E-state index in [-0.39, 0.29) is 4.90 Å². The minimum atomic E-state index is -2.99. The van der Waals surface area contributed by atoms with Crippen LogP contribution in [0, 0.1) is 10.6 Å². The molecule has 0 bridgehead atoms. The highest BCUT2D eigenvalue weighted by atomic mass is 79.9. The molecule has 2 nitrogen and oxygen atoms in total. The zero-order chi connectivity index (χ0) is 9.35. The fourth-order valence-corrected chi connectivity index (χ4v) is 3.00. The monoisotopic (exact) mass is 251 g/mol. The maximum atomic E-state index is 13.0. The molecule has 0 saturated carbocycles. The summed E-state index contributed by atoms with van der Waals surface area (Å²) < 4.78 is 31.8. The molecule has 0 aliphatic rings. The number of rotatable bonds is 1. The van der Waals surface area contributed by atoms with Gasteiger partial charge in [0, 0.05) is 10.7 Å². The SMILES string of the molecule is CS(=N)(=O)c1c(F)cccc1Br. The first-order chi connectivity index (χ1) is 5.43. The average molecular weight is 252 g/mol. The Kier molecular flexibility index (Phi) is 2.53. The van der Waals surface area contributed by atoms with Crippen LogP contribution in [0.4, 0.5) is 4.39 Å². The summed E-state index contributed by atoms with van der Waals surface area (Å²) in [6.07, 6.45) is 1.19. The quantitative estimate of drug-likeness (QED) is 0.820. The molecule has 0 heterocycles. The number of benzene rings is 1. The van der Waals surface area contributed by atoms with E-state index in [0.29, 0.717) is 4.47 Å². The maximum absolute atomic E-state index is 13.0. The number of nitrogens with one attached hydrogen (secondary N) is 1. The van der Waals surface area contributed by atoms with Gasteiger partial charge in [-0.25, -0.2) is 13.4 Å². The first-order valence-corrected chi connectivity index (χ1v) is 5.86. The molecule has 66 valence electrons. The van der Waals surface area contributed by atoms with Crippen molar-refractivity contribution in [2.24, 2.45) is 0 Å². The third-order valence-electron chi connectivity index (χ3n) is 1.31. The molecule has 5 heteroatoms. The zero-order valence-electron chi connectivity index (χ0n) is 6.30. The van der Waals surface area contributed by atoms with Gasteiger partial charge in [-0.05, 0) is 28.1 Å². The summed E-state index contributed by atoms with van der Waals surface area (Å²) in [7, 11) is -2.99. The lowest BCUT2D eigenvalue weighted by Crippen LogP contribution is -1.99. The van der Waals surface area contributed by atoms with Crippen LogP contribution in [0.25, 0.3) is 0 Å². The summed E-state index contributed by atoms with van der Waals surface area (Å²) in [5, 5.41) is 0. The molecule has 0 aliphatic heterocycles. The Balaban J connectivity index is 3.53. The van der Waals surface area contributed by atoms with Crippen LogP contribution in [-0.4, -0.2) is 10.5 Å². The predicted molar refractivity (Wildman–Crippen MR) is 49.2 cm³/mol. The smallest absolute Gasteiger partial charge is 0.141 e. The summed E-state index contributed by atoms with van der Waals surface area (Å²) in [6.45, 7) is 0. The molecule has 1 rings (SSSR count). The van der Waals surface area contributed by atoms with Crippen molar-refractivity contribution in [1.82, 2.24) is 0 Å². The van der Waals surface area contributed by atoms with Gasteiger partial charge in [0.15, 0.2) is 0 Å². The fraction of sp³-hybridized carbons (Fsp3) is 0.143. The molecule has 1 aromatic carbocycles. The molecule has 1 aromatic rings. The van der Waals surface area contributed by atoms with Crippen molar-refractivity contribution in [3.63, 3.8) is 0 Å². The Morgan fingerprint density at radius 3 is 2.50 bits per heavy atom. The van der Waals surface area contributed by atoms with Gasteiger partial charge < -0.3 is 0 Å². The lowest BCUT2D eigenvalue weighted by Gasteiger charge is -2.04. The molecule has 0 aliphatic carbocycles. The molecular formula is C7H7BrFNOS. The third-order valence-corrected chi connectivity index (χ3v) is 3.43. The minimum Gasteiger partial charge on any atom is -0.249 e. The van der Waals surface area contributed by atoms with E-state index < -0.39 is 15.5 Å². The van der Waals surface area contributed by atoms with E-state index in [4.69, 9.17) is 4.78 Å². The third kappa shape index (κ3) is 1.84. The fourth-order valence-electron chi connectivity index (χ4n) is 0.855. The van der Waals surface area contributed by atoms with Crippen molar-refractivity contribution >= 4 is 25.7 Å². The van der Waals surface area contributed by atoms with E-state index in [9.17, 15) is 8.60 Å². The van der Waals surface area contributed by atoms with Gasteiger partial charge in [0.05, 0.1) is 14.6 Å². The van der Waals surface area contributed by atoms with Crippen molar-refractivity contribution in [1.29, 1.82) is 4.78 Å². The topological polar surface area (TPSA) is 40.9 Å². The Morgan fingerprint density at radius 1 is 1.58 bits per heavy atom. The summed E-state index contributed by atoms with van der Waals surface area (Å²) >= 11 is 3.04. The van der Waals surface area contributed by atoms with Gasteiger partial charge in [0.1, 0.15) is 5.82 Å². The van der Waals surface area contributed by atoms with Crippen LogP contribution in [0.3, 0.4) is 0 Å². The van der Waals surface area contributed by atoms with Gasteiger partial charge in [-0.3, -0.25) is 0 Å². The van der Waals surface area contributed by atoms with Crippen LogP contribution >= 0.6 is 15.9 Å². The first-order valence-electron chi connectivity index (χ1n) is 3.11. The summed E-state index contributed by atoms with van der Waals surface area (Å²) in [6, 6.07) is 4.25. The van der Waals surface area contributed by atoms with Crippen molar-refractivity contribution in [2.75, 3.05) is 6.26 Å². The first kappa shape index (κ1) is 9.67. The lowest BCUT2D eigenvalue weighted by atomic mass is 10.3. The molecule has 1 N–H and O–H groups in total. The van der Waals surface area contributed by atoms with Crippen LogP contribution in [0.2, 0.25) is 0 Å². The van der Waals surface area contributed by atoms with Crippen LogP contribution in [0.5, 0.6) is 0 Å². The molecule has 0 aromatic heterocycles. The zero-order valence-corrected chi connectivity index (χ0v) is 8.71. The van der Waals surface area contributed by atoms with E-state index in [0.717, 1.165) is 0 Å². The predicted octanol–water partition coefficient (Wildman–Crippen LogP) is 2.62. The van der Waals surface area contributed by atoms with Crippen LogP contribution in [0.1, 0.15) is 0 Å². The van der Waals surface area contributed by atoms with E-state index in [1.165, 1.54) is 18.4 Å². The summed E-state index contributed by atoms with van der Waals surface area (Å²) in [4.78, 5) is -0.0648. The second-order valence-electron chi connectivity index (χ2n) is 2.39. The number of hydrogen-bond acceptors (Lipinski definition) is 2. The Labute approximate surface area is 78.9 Å². The van der Waals surface area contributed by atoms with Gasteiger partial charge in [-0.15, -0.1) is 0 Å². The number of halogens is 2. The number of hydrogen-bond donors (Lipinski definition) is 1. The Hall–Kier alpha value is -0.420. The van der Waals surface area contributed by atoms with Gasteiger partial charge in [0.2, 0.25) is 0 Å². The van der Waals surface area contributed by atoms with Crippen molar-refractivity contribution in [3.05, 3.63) is 28.5 Å². The molecule has 0 fully saturated rings. The standard InChI is InChI=1S/C7H7BrFNOS/c1-12(10,11)7-5(8)3-2-4-6(7)9/h2-4,10H,1H3. The highest BCUT2D eigenvalue weighted by molar-refractivity contribution is 9.10. The lowest BCUT2D eigenvalue weighted by molar-refractivity contribution is 0.592. The Morgan fingerprint density at radius 2 is 2.17 bits per heavy atom. The van der Waals surface area contributed by atoms with Crippen LogP contribution < -0.4 is 0 Å². The highest BCUT2D eigenvalue weighted by Gasteiger charge is 2.13. The second kappa shape index (κ2) is 3.14. The van der Waals surface area contributed by atoms with Gasteiger partial charge in [-0.1, -0.05) is 6.07 Å². The molecule has 0 spiro atoms. The van der Waals surface area contributed by atoms with Crippen LogP contribution in [-0.2, 0) is 9.73 Å². The molecule has 12 heavy (non-hydrogen) atoms. The molecule has 0 saturated heterocycles. The molecule has 0 amide bonds. The Bertz CT molecular complexity index is 382. The van der Waals surface area contributed by atoms with E-state index in [1.807, 2.05) is 0 Å². The molecule has 1 unspecified atom stereocenters. The maximum Gasteiger partial charge on any atom is 0.141 e. The van der Waals surface area contributed by atoms with Crippen molar-refractivity contribution in [3.8, 4) is 0 Å². The largest absolute Gasteiger partial charge is 0.249 e. The highest BCUT2D eigenvalue weighted by Crippen LogP contribution is 2.24. The second-order valence-corrected chi connectivity index (χ2v) is 5.34. The van der Waals surface area contributed by atoms with Gasteiger partial charge in [-0.2, -0.15) is 0 Å². The van der Waals surface area contributed by atoms with Crippen LogP contribution in [0.15, 0.2) is 27.6 Å². The molecule has 0 radical (unpaired) electrons. The minimum absolute atomic E-state index is 0.0648. The van der Waals surface area contributed by atoms with Crippen molar-refractivity contribution in [2.45, 2.75) is 4.90 Å². The summed E-state index contributed by atoms with van der Waals surface area (Å²) in [5.41, 5.74) is 0. The van der Waals surface area contributed by atoms with E-state index >= 15 is 0 Å². The van der Waals surface area contributed by atoms with Crippen molar-refractivity contribution < 1.29 is 8.60 Å². The van der Waals surface area contributed by atoms with Gasteiger partial charge >= 0.3 is 0 Å². The molecular weight excluding hydrogens is 245 g/mol. The van der Waals surface area contributed by atoms with Gasteiger partial charge in [0.25, 0.3) is 0 Å². The average Bonchev–Trinajstić information content (AvgIpc) is 1.82. The van der Waals surface area contributed by atoms with E-state index in [2.05, 4.69) is 15.9 Å².